The third kappa shape index (κ3) is 10.3. The van der Waals surface area contributed by atoms with Gasteiger partial charge in [-0.25, -0.2) is 4.39 Å². The fraction of sp³-hybridized carbons (Fsp3) is 0.536. The molecule has 4 nitrogen and oxygen atoms in total. The highest BCUT2D eigenvalue weighted by Crippen LogP contribution is 2.31. The van der Waals surface area contributed by atoms with Gasteiger partial charge in [-0.3, -0.25) is 4.79 Å². The van der Waals surface area contributed by atoms with Crippen LogP contribution in [-0.2, 0) is 4.79 Å². The number of carbonyl (C=O) groups excluding carboxylic acids is 1. The molecule has 0 fully saturated rings. The van der Waals surface area contributed by atoms with Crippen molar-refractivity contribution < 1.29 is 19.4 Å². The molecule has 0 bridgehead atoms. The van der Waals surface area contributed by atoms with Gasteiger partial charge in [-0.15, -0.1) is 0 Å². The Morgan fingerprint density at radius 3 is 1.76 bits per heavy atom. The number of carbonyl (C=O) groups is 1. The number of benzene rings is 2. The maximum absolute atomic E-state index is 13.6. The summed E-state index contributed by atoms with van der Waals surface area (Å²) in [6.07, 6.45) is 16.8. The Morgan fingerprint density at radius 1 is 0.727 bits per heavy atom. The van der Waals surface area contributed by atoms with Gasteiger partial charge >= 0.3 is 0 Å². The molecule has 0 aliphatic rings. The van der Waals surface area contributed by atoms with Gasteiger partial charge in [0, 0.05) is 6.42 Å². The minimum absolute atomic E-state index is 0.0308. The number of hydrogen-bond acceptors (Lipinski definition) is 3. The molecule has 0 saturated heterocycles. The molecule has 0 radical (unpaired) electrons. The lowest BCUT2D eigenvalue weighted by Crippen LogP contribution is -2.11. The molecule has 0 aromatic heterocycles. The molecule has 182 valence electrons. The Bertz CT molecular complexity index is 853. The smallest absolute Gasteiger partial charge is 0.224 e. The molecule has 0 spiro atoms. The number of phenols is 2. The average molecular weight is 458 g/mol. The molecule has 0 unspecified atom stereocenters. The molecular weight excluding hydrogens is 417 g/mol. The highest BCUT2D eigenvalue weighted by atomic mass is 19.1. The predicted molar refractivity (Wildman–Crippen MR) is 134 cm³/mol. The number of hydrogen-bond donors (Lipinski definition) is 3. The SMILES string of the molecule is CCCCCCCCCCCCCCCC(=O)Nc1cc(-c2ccc(O)c(F)c2)ccc1O. The molecule has 2 aromatic carbocycles. The summed E-state index contributed by atoms with van der Waals surface area (Å²) >= 11 is 0. The van der Waals surface area contributed by atoms with Gasteiger partial charge in [0.1, 0.15) is 5.75 Å². The summed E-state index contributed by atoms with van der Waals surface area (Å²) in [7, 11) is 0. The van der Waals surface area contributed by atoms with E-state index in [2.05, 4.69) is 12.2 Å². The number of aromatic hydroxyl groups is 2. The fourth-order valence-electron chi connectivity index (χ4n) is 4.02. The van der Waals surface area contributed by atoms with Gasteiger partial charge < -0.3 is 15.5 Å². The lowest BCUT2D eigenvalue weighted by Gasteiger charge is -2.10. The van der Waals surface area contributed by atoms with E-state index < -0.39 is 11.6 Å². The van der Waals surface area contributed by atoms with Crippen LogP contribution in [0, 0.1) is 5.82 Å². The van der Waals surface area contributed by atoms with Crippen molar-refractivity contribution in [3.05, 3.63) is 42.2 Å². The van der Waals surface area contributed by atoms with Crippen LogP contribution in [0.2, 0.25) is 0 Å². The van der Waals surface area contributed by atoms with Gasteiger partial charge in [-0.05, 0) is 41.8 Å². The fourth-order valence-corrected chi connectivity index (χ4v) is 4.02. The van der Waals surface area contributed by atoms with Gasteiger partial charge in [-0.2, -0.15) is 0 Å². The van der Waals surface area contributed by atoms with E-state index in [0.717, 1.165) is 19.3 Å². The van der Waals surface area contributed by atoms with Gasteiger partial charge in [0.15, 0.2) is 11.6 Å². The zero-order chi connectivity index (χ0) is 23.9. The van der Waals surface area contributed by atoms with Crippen LogP contribution in [0.25, 0.3) is 11.1 Å². The van der Waals surface area contributed by atoms with Crippen LogP contribution in [0.1, 0.15) is 96.8 Å². The van der Waals surface area contributed by atoms with Crippen molar-refractivity contribution in [1.29, 1.82) is 0 Å². The van der Waals surface area contributed by atoms with Crippen LogP contribution in [0.15, 0.2) is 36.4 Å². The first-order valence-electron chi connectivity index (χ1n) is 12.6. The Morgan fingerprint density at radius 2 is 1.21 bits per heavy atom. The highest BCUT2D eigenvalue weighted by molar-refractivity contribution is 5.93. The minimum Gasteiger partial charge on any atom is -0.506 e. The predicted octanol–water partition coefficient (Wildman–Crippen LogP) is 8.32. The lowest BCUT2D eigenvalue weighted by atomic mass is 10.0. The molecule has 3 N–H and O–H groups in total. The maximum Gasteiger partial charge on any atom is 0.224 e. The van der Waals surface area contributed by atoms with Crippen LogP contribution < -0.4 is 5.32 Å². The molecule has 0 saturated carbocycles. The molecule has 5 heteroatoms. The van der Waals surface area contributed by atoms with Crippen LogP contribution in [0.4, 0.5) is 10.1 Å². The first-order chi connectivity index (χ1) is 16.0. The van der Waals surface area contributed by atoms with Gasteiger partial charge in [0.2, 0.25) is 5.91 Å². The van der Waals surface area contributed by atoms with Crippen molar-refractivity contribution in [2.24, 2.45) is 0 Å². The summed E-state index contributed by atoms with van der Waals surface area (Å²) in [5.41, 5.74) is 1.50. The molecular formula is C28H40FNO3. The second-order valence-corrected chi connectivity index (χ2v) is 8.94. The largest absolute Gasteiger partial charge is 0.506 e. The van der Waals surface area contributed by atoms with E-state index in [9.17, 15) is 19.4 Å². The second-order valence-electron chi connectivity index (χ2n) is 8.94. The van der Waals surface area contributed by atoms with E-state index in [1.165, 1.54) is 82.4 Å². The Labute approximate surface area is 198 Å². The van der Waals surface area contributed by atoms with E-state index in [-0.39, 0.29) is 11.7 Å². The maximum atomic E-state index is 13.6. The molecule has 2 rings (SSSR count). The summed E-state index contributed by atoms with van der Waals surface area (Å²) in [5.74, 6) is -1.29. The molecule has 2 aromatic rings. The van der Waals surface area contributed by atoms with Crippen molar-refractivity contribution in [3.8, 4) is 22.6 Å². The Kier molecular flexibility index (Phi) is 12.4. The average Bonchev–Trinajstić information content (AvgIpc) is 2.80. The topological polar surface area (TPSA) is 69.6 Å². The summed E-state index contributed by atoms with van der Waals surface area (Å²) in [5, 5.41) is 22.2. The van der Waals surface area contributed by atoms with Gasteiger partial charge in [0.25, 0.3) is 0 Å². The van der Waals surface area contributed by atoms with Crippen molar-refractivity contribution in [1.82, 2.24) is 0 Å². The van der Waals surface area contributed by atoms with Crippen molar-refractivity contribution in [2.45, 2.75) is 96.8 Å². The van der Waals surface area contributed by atoms with Gasteiger partial charge in [0.05, 0.1) is 5.69 Å². The number of rotatable bonds is 16. The quantitative estimate of drug-likeness (QED) is 0.175. The van der Waals surface area contributed by atoms with Crippen molar-refractivity contribution in [3.63, 3.8) is 0 Å². The molecule has 0 atom stereocenters. The zero-order valence-corrected chi connectivity index (χ0v) is 20.0. The summed E-state index contributed by atoms with van der Waals surface area (Å²) in [6, 6.07) is 8.82. The third-order valence-corrected chi connectivity index (χ3v) is 6.06. The Balaban J connectivity index is 1.61. The third-order valence-electron chi connectivity index (χ3n) is 6.06. The first kappa shape index (κ1) is 26.7. The van der Waals surface area contributed by atoms with E-state index >= 15 is 0 Å². The van der Waals surface area contributed by atoms with Crippen LogP contribution in [0.3, 0.4) is 0 Å². The van der Waals surface area contributed by atoms with E-state index in [4.69, 9.17) is 0 Å². The Hall–Kier alpha value is -2.56. The van der Waals surface area contributed by atoms with Crippen molar-refractivity contribution >= 4 is 11.6 Å². The molecule has 0 aliphatic heterocycles. The lowest BCUT2D eigenvalue weighted by molar-refractivity contribution is -0.116. The molecule has 1 amide bonds. The second kappa shape index (κ2) is 15.3. The van der Waals surface area contributed by atoms with Crippen LogP contribution >= 0.6 is 0 Å². The summed E-state index contributed by atoms with van der Waals surface area (Å²) < 4.78 is 13.6. The minimum atomic E-state index is -0.714. The van der Waals surface area contributed by atoms with Crippen LogP contribution in [0.5, 0.6) is 11.5 Å². The number of phenolic OH excluding ortho intramolecular Hbond substituents is 2. The molecule has 0 heterocycles. The molecule has 33 heavy (non-hydrogen) atoms. The van der Waals surface area contributed by atoms with Crippen LogP contribution in [-0.4, -0.2) is 16.1 Å². The molecule has 0 aliphatic carbocycles. The van der Waals surface area contributed by atoms with Gasteiger partial charge in [-0.1, -0.05) is 96.1 Å². The van der Waals surface area contributed by atoms with Crippen molar-refractivity contribution in [2.75, 3.05) is 5.32 Å². The monoisotopic (exact) mass is 457 g/mol. The highest BCUT2D eigenvalue weighted by Gasteiger charge is 2.10. The summed E-state index contributed by atoms with van der Waals surface area (Å²) in [6.45, 7) is 2.25. The normalized spacial score (nSPS) is 11.0. The van der Waals surface area contributed by atoms with E-state index in [0.29, 0.717) is 23.2 Å². The number of nitrogens with one attached hydrogen (secondary N) is 1. The number of amides is 1. The standard InChI is InChI=1S/C28H40FNO3/c1-2-3-4-5-6-7-8-9-10-11-12-13-14-15-28(33)30-25-21-23(17-19-27(25)32)22-16-18-26(31)24(29)20-22/h16-21,31-32H,2-15H2,1H3,(H,30,33). The van der Waals surface area contributed by atoms with E-state index in [1.54, 1.807) is 18.2 Å². The zero-order valence-electron chi connectivity index (χ0n) is 20.0. The number of halogens is 1. The summed E-state index contributed by atoms with van der Waals surface area (Å²) in [4.78, 5) is 12.3. The number of unbranched alkanes of at least 4 members (excludes halogenated alkanes) is 12. The first-order valence-corrected chi connectivity index (χ1v) is 12.6. The number of anilines is 1. The van der Waals surface area contributed by atoms with E-state index in [1.807, 2.05) is 0 Å².